The molecule has 2 amide bonds. The first kappa shape index (κ1) is 26.9. The molecule has 37 heavy (non-hydrogen) atoms. The zero-order valence-corrected chi connectivity index (χ0v) is 22.4. The molecule has 9 nitrogen and oxygen atoms in total. The number of amides is 2. The van der Waals surface area contributed by atoms with Gasteiger partial charge in [-0.25, -0.2) is 8.42 Å². The number of nitrogens with one attached hydrogen (secondary N) is 1. The highest BCUT2D eigenvalue weighted by Crippen LogP contribution is 2.35. The summed E-state index contributed by atoms with van der Waals surface area (Å²) < 4.78 is 39.1. The van der Waals surface area contributed by atoms with E-state index in [0.29, 0.717) is 62.6 Å². The monoisotopic (exact) mass is 529 g/mol. The van der Waals surface area contributed by atoms with E-state index in [1.54, 1.807) is 30.7 Å². The van der Waals surface area contributed by atoms with Gasteiger partial charge in [-0.15, -0.1) is 0 Å². The van der Waals surface area contributed by atoms with Crippen molar-refractivity contribution in [1.29, 1.82) is 0 Å². The number of carbonyl (C=O) groups excluding carboxylic acids is 2. The van der Waals surface area contributed by atoms with E-state index in [-0.39, 0.29) is 28.5 Å². The molecule has 200 valence electrons. The smallest absolute Gasteiger partial charge is 0.243 e. The molecular weight excluding hydrogens is 494 g/mol. The van der Waals surface area contributed by atoms with Crippen LogP contribution in [0.15, 0.2) is 47.4 Å². The first-order chi connectivity index (χ1) is 17.7. The average Bonchev–Trinajstić information content (AvgIpc) is 3.04. The van der Waals surface area contributed by atoms with Crippen LogP contribution in [0, 0.1) is 11.8 Å². The quantitative estimate of drug-likeness (QED) is 0.563. The van der Waals surface area contributed by atoms with E-state index in [0.717, 1.165) is 12.0 Å². The summed E-state index contributed by atoms with van der Waals surface area (Å²) in [7, 11) is -0.446. The Balaban J connectivity index is 1.40. The van der Waals surface area contributed by atoms with Crippen LogP contribution in [0.4, 0.5) is 5.69 Å². The average molecular weight is 530 g/mol. The first-order valence-electron chi connectivity index (χ1n) is 12.6. The van der Waals surface area contributed by atoms with Crippen molar-refractivity contribution < 1.29 is 27.5 Å². The number of benzene rings is 2. The summed E-state index contributed by atoms with van der Waals surface area (Å²) in [5.74, 6) is 1.57. The fourth-order valence-electron chi connectivity index (χ4n) is 5.37. The predicted octanol–water partition coefficient (Wildman–Crippen LogP) is 3.15. The number of fused-ring (bicyclic) bond motifs is 1. The second kappa shape index (κ2) is 11.5. The van der Waals surface area contributed by atoms with Gasteiger partial charge in [0, 0.05) is 45.2 Å². The van der Waals surface area contributed by atoms with Crippen molar-refractivity contribution in [2.75, 3.05) is 45.7 Å². The van der Waals surface area contributed by atoms with Gasteiger partial charge >= 0.3 is 0 Å². The number of methoxy groups -OCH3 is 2. The van der Waals surface area contributed by atoms with Crippen molar-refractivity contribution in [3.63, 3.8) is 0 Å². The molecule has 2 aliphatic rings. The molecule has 2 aromatic carbocycles. The largest absolute Gasteiger partial charge is 0.493 e. The van der Waals surface area contributed by atoms with Crippen molar-refractivity contribution in [3.05, 3.63) is 48.0 Å². The fraction of sp³-hybridized carbons (Fsp3) is 0.481. The van der Waals surface area contributed by atoms with Crippen LogP contribution in [0.1, 0.15) is 31.7 Å². The Hall–Kier alpha value is -3.11. The van der Waals surface area contributed by atoms with Crippen LogP contribution < -0.4 is 14.8 Å². The summed E-state index contributed by atoms with van der Waals surface area (Å²) in [5, 5.41) is 2.65. The lowest BCUT2D eigenvalue weighted by Crippen LogP contribution is -2.43. The molecule has 2 aromatic rings. The molecule has 0 bridgehead atoms. The number of anilines is 1. The maximum atomic E-state index is 13.3. The number of hydrogen-bond donors (Lipinski definition) is 1. The molecule has 0 unspecified atom stereocenters. The van der Waals surface area contributed by atoms with E-state index in [4.69, 9.17) is 9.47 Å². The van der Waals surface area contributed by atoms with Gasteiger partial charge in [0.2, 0.25) is 21.8 Å². The highest BCUT2D eigenvalue weighted by molar-refractivity contribution is 7.89. The van der Waals surface area contributed by atoms with Crippen molar-refractivity contribution in [2.24, 2.45) is 11.8 Å². The van der Waals surface area contributed by atoms with Gasteiger partial charge in [-0.2, -0.15) is 4.31 Å². The van der Waals surface area contributed by atoms with Gasteiger partial charge in [0.25, 0.3) is 0 Å². The second-order valence-corrected chi connectivity index (χ2v) is 11.6. The van der Waals surface area contributed by atoms with Crippen LogP contribution in [0.5, 0.6) is 11.5 Å². The highest BCUT2D eigenvalue weighted by atomic mass is 32.2. The molecule has 10 heteroatoms. The number of ether oxygens (including phenoxy) is 2. The Morgan fingerprint density at radius 1 is 1.03 bits per heavy atom. The molecule has 2 fully saturated rings. The van der Waals surface area contributed by atoms with Crippen molar-refractivity contribution in [1.82, 2.24) is 9.21 Å². The van der Waals surface area contributed by atoms with Gasteiger partial charge in [-0.3, -0.25) is 9.59 Å². The summed E-state index contributed by atoms with van der Waals surface area (Å²) in [6.45, 7) is 3.38. The summed E-state index contributed by atoms with van der Waals surface area (Å²) in [4.78, 5) is 26.4. The first-order valence-corrected chi connectivity index (χ1v) is 14.0. The molecule has 0 aliphatic carbocycles. The van der Waals surface area contributed by atoms with E-state index in [2.05, 4.69) is 5.32 Å². The van der Waals surface area contributed by atoms with Crippen molar-refractivity contribution in [2.45, 2.75) is 37.5 Å². The zero-order valence-electron chi connectivity index (χ0n) is 21.6. The van der Waals surface area contributed by atoms with Crippen molar-refractivity contribution >= 4 is 27.5 Å². The summed E-state index contributed by atoms with van der Waals surface area (Å²) in [5.41, 5.74) is 1.54. The van der Waals surface area contributed by atoms with Crippen LogP contribution >= 0.6 is 0 Å². The Labute approximate surface area is 218 Å². The summed E-state index contributed by atoms with van der Waals surface area (Å²) in [6.07, 6.45) is 2.52. The Bertz CT molecular complexity index is 1230. The zero-order chi connectivity index (χ0) is 26.6. The maximum Gasteiger partial charge on any atom is 0.243 e. The minimum absolute atomic E-state index is 0.124. The number of para-hydroxylation sites is 1. The molecule has 2 aliphatic heterocycles. The number of nitrogens with zero attached hydrogens (tertiary/aromatic N) is 2. The van der Waals surface area contributed by atoms with Crippen LogP contribution in [-0.2, 0) is 26.0 Å². The Morgan fingerprint density at radius 3 is 2.43 bits per heavy atom. The number of likely N-dealkylation sites (tertiary alicyclic amines) is 1. The molecule has 1 N–H and O–H groups in total. The van der Waals surface area contributed by atoms with Gasteiger partial charge in [0.1, 0.15) is 0 Å². The van der Waals surface area contributed by atoms with Crippen molar-refractivity contribution in [3.8, 4) is 11.5 Å². The van der Waals surface area contributed by atoms with E-state index >= 15 is 0 Å². The van der Waals surface area contributed by atoms with Crippen LogP contribution in [0.25, 0.3) is 0 Å². The summed E-state index contributed by atoms with van der Waals surface area (Å²) in [6, 6.07) is 12.0. The third-order valence-corrected chi connectivity index (χ3v) is 9.24. The second-order valence-electron chi connectivity index (χ2n) is 9.65. The maximum absolute atomic E-state index is 13.3. The number of carbonyl (C=O) groups is 2. The minimum atomic E-state index is -3.66. The van der Waals surface area contributed by atoms with E-state index in [1.807, 2.05) is 23.1 Å². The molecule has 4 rings (SSSR count). The van der Waals surface area contributed by atoms with Gasteiger partial charge in [0.15, 0.2) is 11.5 Å². The van der Waals surface area contributed by atoms with Crippen LogP contribution in [0.2, 0.25) is 0 Å². The number of rotatable bonds is 8. The fourth-order valence-corrected chi connectivity index (χ4v) is 6.88. The van der Waals surface area contributed by atoms with Gasteiger partial charge in [-0.1, -0.05) is 12.1 Å². The molecule has 0 aromatic heterocycles. The lowest BCUT2D eigenvalue weighted by Gasteiger charge is -2.36. The normalized spacial score (nSPS) is 20.6. The van der Waals surface area contributed by atoms with E-state index in [9.17, 15) is 18.0 Å². The third-order valence-electron chi connectivity index (χ3n) is 7.36. The molecule has 2 heterocycles. The molecule has 0 saturated carbocycles. The molecule has 0 radical (unpaired) electrons. The molecule has 0 spiro atoms. The van der Waals surface area contributed by atoms with Crippen LogP contribution in [-0.4, -0.2) is 69.8 Å². The van der Waals surface area contributed by atoms with Crippen LogP contribution in [0.3, 0.4) is 0 Å². The van der Waals surface area contributed by atoms with Gasteiger partial charge in [-0.05, 0) is 67.0 Å². The SMILES string of the molecule is COc1cccc(CCN2CC[C@H]3CN(S(=O)(=O)c4ccc(NC(C)=O)cc4)CC[C@@H]3CC2=O)c1OC. The lowest BCUT2D eigenvalue weighted by molar-refractivity contribution is -0.131. The number of sulfonamides is 1. The lowest BCUT2D eigenvalue weighted by atomic mass is 9.83. The highest BCUT2D eigenvalue weighted by Gasteiger charge is 2.38. The predicted molar refractivity (Wildman–Crippen MR) is 140 cm³/mol. The topological polar surface area (TPSA) is 105 Å². The molecule has 2 atom stereocenters. The van der Waals surface area contributed by atoms with E-state index < -0.39 is 10.0 Å². The summed E-state index contributed by atoms with van der Waals surface area (Å²) >= 11 is 0. The van der Waals surface area contributed by atoms with Gasteiger partial charge in [0.05, 0.1) is 19.1 Å². The standard InChI is InChI=1S/C27H35N3O6S/c1-19(31)28-23-7-9-24(10-8-23)37(33,34)30-16-13-21-17-26(32)29(15-12-22(21)18-30)14-11-20-5-4-6-25(35-2)27(20)36-3/h4-10,21-22H,11-18H2,1-3H3,(H,28,31)/t21-,22+/m1/s1. The van der Waals surface area contributed by atoms with E-state index in [1.165, 1.54) is 19.1 Å². The number of hydrogen-bond acceptors (Lipinski definition) is 6. The third kappa shape index (κ3) is 6.07. The molecular formula is C27H35N3O6S. The number of piperidine rings is 1. The minimum Gasteiger partial charge on any atom is -0.493 e. The van der Waals surface area contributed by atoms with Gasteiger partial charge < -0.3 is 19.7 Å². The Morgan fingerprint density at radius 2 is 1.76 bits per heavy atom. The molecule has 2 saturated heterocycles. The Kier molecular flexibility index (Phi) is 8.39.